The Hall–Kier alpha value is -1.08. The van der Waals surface area contributed by atoms with E-state index in [4.69, 9.17) is 0 Å². The van der Waals surface area contributed by atoms with Gasteiger partial charge in [-0.2, -0.15) is 0 Å². The van der Waals surface area contributed by atoms with E-state index < -0.39 is 0 Å². The molecule has 1 aromatic rings. The highest BCUT2D eigenvalue weighted by Crippen LogP contribution is 2.20. The fourth-order valence-corrected chi connectivity index (χ4v) is 2.31. The maximum Gasteiger partial charge on any atom is 0.0148 e. The lowest BCUT2D eigenvalue weighted by Crippen LogP contribution is -2.35. The maximum absolute atomic E-state index is 3.58. The molecule has 1 aromatic carbocycles. The molecule has 0 bridgehead atoms. The summed E-state index contributed by atoms with van der Waals surface area (Å²) in [5.74, 6) is 0.695. The number of nitrogens with one attached hydrogen (secondary N) is 1. The zero-order valence-corrected chi connectivity index (χ0v) is 10.2. The van der Waals surface area contributed by atoms with Crippen LogP contribution in [0.2, 0.25) is 0 Å². The molecule has 1 N–H and O–H groups in total. The van der Waals surface area contributed by atoms with E-state index in [-0.39, 0.29) is 0 Å². The highest BCUT2D eigenvalue weighted by molar-refractivity contribution is 5.19. The Morgan fingerprint density at radius 1 is 1.25 bits per heavy atom. The largest absolute Gasteiger partial charge is 0.310 e. The molecule has 1 atom stereocenters. The average molecular weight is 215 g/mol. The van der Waals surface area contributed by atoms with Gasteiger partial charge >= 0.3 is 0 Å². The van der Waals surface area contributed by atoms with E-state index in [1.54, 1.807) is 5.57 Å². The number of hydrogen-bond acceptors (Lipinski definition) is 1. The lowest BCUT2D eigenvalue weighted by Gasteiger charge is -2.26. The molecule has 1 heterocycles. The van der Waals surface area contributed by atoms with Crippen molar-refractivity contribution in [3.63, 3.8) is 0 Å². The van der Waals surface area contributed by atoms with E-state index in [2.05, 4.69) is 55.6 Å². The highest BCUT2D eigenvalue weighted by Gasteiger charge is 2.16. The van der Waals surface area contributed by atoms with Crippen LogP contribution in [0.25, 0.3) is 0 Å². The van der Waals surface area contributed by atoms with Crippen LogP contribution < -0.4 is 5.32 Å². The third-order valence-corrected chi connectivity index (χ3v) is 3.32. The van der Waals surface area contributed by atoms with Crippen molar-refractivity contribution in [1.29, 1.82) is 0 Å². The third kappa shape index (κ3) is 2.96. The molecular weight excluding hydrogens is 194 g/mol. The van der Waals surface area contributed by atoms with Gasteiger partial charge in [0.2, 0.25) is 0 Å². The smallest absolute Gasteiger partial charge is 0.0148 e. The fraction of sp³-hybridized carbons (Fsp3) is 0.467. The molecule has 1 aliphatic rings. The molecule has 1 unspecified atom stereocenters. The zero-order chi connectivity index (χ0) is 11.4. The van der Waals surface area contributed by atoms with Gasteiger partial charge in [0.15, 0.2) is 0 Å². The molecule has 1 nitrogen and oxygen atoms in total. The molecule has 1 aliphatic heterocycles. The van der Waals surface area contributed by atoms with Crippen molar-refractivity contribution in [3.8, 4) is 0 Å². The molecule has 0 aromatic heterocycles. The number of benzene rings is 1. The van der Waals surface area contributed by atoms with Crippen molar-refractivity contribution in [2.45, 2.75) is 32.7 Å². The molecule has 0 saturated heterocycles. The van der Waals surface area contributed by atoms with Crippen LogP contribution >= 0.6 is 0 Å². The fourth-order valence-electron chi connectivity index (χ4n) is 2.31. The van der Waals surface area contributed by atoms with E-state index in [0.717, 1.165) is 13.0 Å². The number of rotatable bonds is 3. The summed E-state index contributed by atoms with van der Waals surface area (Å²) in [6.07, 6.45) is 4.70. The van der Waals surface area contributed by atoms with Gasteiger partial charge in [-0.3, -0.25) is 0 Å². The van der Waals surface area contributed by atoms with Crippen molar-refractivity contribution >= 4 is 0 Å². The molecule has 0 radical (unpaired) electrons. The molecule has 16 heavy (non-hydrogen) atoms. The van der Waals surface area contributed by atoms with Gasteiger partial charge in [0, 0.05) is 12.6 Å². The van der Waals surface area contributed by atoms with Crippen molar-refractivity contribution in [2.24, 2.45) is 5.92 Å². The second kappa shape index (κ2) is 5.31. The second-order valence-electron chi connectivity index (χ2n) is 4.93. The summed E-state index contributed by atoms with van der Waals surface area (Å²) in [7, 11) is 0. The van der Waals surface area contributed by atoms with Crippen LogP contribution in [0.15, 0.2) is 42.0 Å². The van der Waals surface area contributed by atoms with Gasteiger partial charge in [-0.15, -0.1) is 0 Å². The Morgan fingerprint density at radius 3 is 2.69 bits per heavy atom. The van der Waals surface area contributed by atoms with Crippen LogP contribution in [0.1, 0.15) is 25.8 Å². The lowest BCUT2D eigenvalue weighted by molar-refractivity contribution is 0.485. The van der Waals surface area contributed by atoms with Gasteiger partial charge < -0.3 is 5.32 Å². The summed E-state index contributed by atoms with van der Waals surface area (Å²) >= 11 is 0. The van der Waals surface area contributed by atoms with Crippen LogP contribution in [0.5, 0.6) is 0 Å². The van der Waals surface area contributed by atoms with E-state index in [9.17, 15) is 0 Å². The topological polar surface area (TPSA) is 12.0 Å². The molecule has 0 saturated carbocycles. The first-order chi connectivity index (χ1) is 7.75. The Kier molecular flexibility index (Phi) is 3.79. The molecule has 0 fully saturated rings. The Labute approximate surface area is 98.6 Å². The molecule has 0 spiro atoms. The average Bonchev–Trinajstić information content (AvgIpc) is 2.30. The summed E-state index contributed by atoms with van der Waals surface area (Å²) in [6.45, 7) is 5.61. The van der Waals surface area contributed by atoms with Gasteiger partial charge in [-0.25, -0.2) is 0 Å². The van der Waals surface area contributed by atoms with Gasteiger partial charge in [0.1, 0.15) is 0 Å². The van der Waals surface area contributed by atoms with Crippen LogP contribution in [0.4, 0.5) is 0 Å². The SMILES string of the molecule is CC(C)C1=CCNC(Cc2ccccc2)C1. The van der Waals surface area contributed by atoms with Crippen LogP contribution in [-0.4, -0.2) is 12.6 Å². The molecule has 1 heteroatoms. The predicted octanol–water partition coefficient (Wildman–Crippen LogP) is 3.17. The first kappa shape index (κ1) is 11.4. The van der Waals surface area contributed by atoms with E-state index in [0.29, 0.717) is 12.0 Å². The van der Waals surface area contributed by atoms with Crippen molar-refractivity contribution in [1.82, 2.24) is 5.32 Å². The van der Waals surface area contributed by atoms with E-state index >= 15 is 0 Å². The molecule has 0 amide bonds. The maximum atomic E-state index is 3.58. The zero-order valence-electron chi connectivity index (χ0n) is 10.2. The molecule has 0 aliphatic carbocycles. The third-order valence-electron chi connectivity index (χ3n) is 3.32. The van der Waals surface area contributed by atoms with Gasteiger partial charge in [-0.1, -0.05) is 55.8 Å². The predicted molar refractivity (Wildman–Crippen MR) is 69.5 cm³/mol. The molecule has 2 rings (SSSR count). The Bertz CT molecular complexity index is 351. The summed E-state index contributed by atoms with van der Waals surface area (Å²) in [5.41, 5.74) is 3.05. The second-order valence-corrected chi connectivity index (χ2v) is 4.93. The monoisotopic (exact) mass is 215 g/mol. The first-order valence-electron chi connectivity index (χ1n) is 6.22. The minimum atomic E-state index is 0.616. The highest BCUT2D eigenvalue weighted by atomic mass is 14.9. The van der Waals surface area contributed by atoms with Crippen molar-refractivity contribution < 1.29 is 0 Å². The van der Waals surface area contributed by atoms with Crippen LogP contribution in [0.3, 0.4) is 0 Å². The number of hydrogen-bond donors (Lipinski definition) is 1. The first-order valence-corrected chi connectivity index (χ1v) is 6.22. The summed E-state index contributed by atoms with van der Waals surface area (Å²) in [6, 6.07) is 11.4. The minimum absolute atomic E-state index is 0.616. The van der Waals surface area contributed by atoms with Crippen LogP contribution in [0, 0.1) is 5.92 Å². The van der Waals surface area contributed by atoms with Crippen molar-refractivity contribution in [3.05, 3.63) is 47.5 Å². The summed E-state index contributed by atoms with van der Waals surface area (Å²) < 4.78 is 0. The lowest BCUT2D eigenvalue weighted by atomic mass is 9.90. The molecule has 86 valence electrons. The van der Waals surface area contributed by atoms with E-state index in [1.165, 1.54) is 12.0 Å². The standard InChI is InChI=1S/C15H21N/c1-12(2)14-8-9-16-15(11-14)10-13-6-4-3-5-7-13/h3-8,12,15-16H,9-11H2,1-2H3. The minimum Gasteiger partial charge on any atom is -0.310 e. The Morgan fingerprint density at radius 2 is 2.00 bits per heavy atom. The quantitative estimate of drug-likeness (QED) is 0.764. The van der Waals surface area contributed by atoms with Gasteiger partial charge in [0.25, 0.3) is 0 Å². The van der Waals surface area contributed by atoms with Gasteiger partial charge in [-0.05, 0) is 24.3 Å². The van der Waals surface area contributed by atoms with Gasteiger partial charge in [0.05, 0.1) is 0 Å². The van der Waals surface area contributed by atoms with Crippen molar-refractivity contribution in [2.75, 3.05) is 6.54 Å². The van der Waals surface area contributed by atoms with Crippen LogP contribution in [-0.2, 0) is 6.42 Å². The Balaban J connectivity index is 1.95. The summed E-state index contributed by atoms with van der Waals surface area (Å²) in [5, 5.41) is 3.58. The van der Waals surface area contributed by atoms with E-state index in [1.807, 2.05) is 0 Å². The summed E-state index contributed by atoms with van der Waals surface area (Å²) in [4.78, 5) is 0. The normalized spacial score (nSPS) is 20.9. The molecular formula is C15H21N.